The monoisotopic (exact) mass is 394 g/mol. The molecule has 4 rings (SSSR count). The Morgan fingerprint density at radius 3 is 2.72 bits per heavy atom. The largest absolute Gasteiger partial charge is 0.348 e. The first-order chi connectivity index (χ1) is 14.0. The fourth-order valence-electron chi connectivity index (χ4n) is 2.86. The molecule has 0 aliphatic rings. The summed E-state index contributed by atoms with van der Waals surface area (Å²) in [5.41, 5.74) is 1.96. The third-order valence-electron chi connectivity index (χ3n) is 4.42. The van der Waals surface area contributed by atoms with Gasteiger partial charge in [0.1, 0.15) is 5.82 Å². The van der Waals surface area contributed by atoms with Gasteiger partial charge in [-0.2, -0.15) is 4.98 Å². The van der Waals surface area contributed by atoms with E-state index in [0.717, 1.165) is 5.56 Å². The summed E-state index contributed by atoms with van der Waals surface area (Å²) in [6.07, 6.45) is 1.96. The smallest absolute Gasteiger partial charge is 0.261 e. The number of fused-ring (bicyclic) bond motifs is 1. The first-order valence-electron chi connectivity index (χ1n) is 9.19. The van der Waals surface area contributed by atoms with Crippen LogP contribution in [0.5, 0.6) is 0 Å². The molecule has 0 aliphatic heterocycles. The second kappa shape index (κ2) is 7.78. The fourth-order valence-corrected chi connectivity index (χ4v) is 2.86. The highest BCUT2D eigenvalue weighted by Gasteiger charge is 2.17. The molecule has 1 N–H and O–H groups in total. The number of carbonyl (C=O) groups is 1. The Bertz CT molecular complexity index is 1150. The number of aromatic nitrogens is 5. The molecule has 3 heterocycles. The van der Waals surface area contributed by atoms with Gasteiger partial charge in [-0.3, -0.25) is 9.20 Å². The Morgan fingerprint density at radius 2 is 2.00 bits per heavy atom. The summed E-state index contributed by atoms with van der Waals surface area (Å²) in [5, 5.41) is 15.2. The Labute approximate surface area is 165 Å². The molecule has 0 aliphatic carbocycles. The van der Waals surface area contributed by atoms with Crippen LogP contribution in [0.1, 0.15) is 37.0 Å². The molecule has 0 spiro atoms. The number of benzene rings is 1. The van der Waals surface area contributed by atoms with E-state index in [-0.39, 0.29) is 30.6 Å². The normalized spacial score (nSPS) is 11.3. The van der Waals surface area contributed by atoms with Crippen molar-refractivity contribution >= 4 is 11.6 Å². The summed E-state index contributed by atoms with van der Waals surface area (Å²) in [7, 11) is 0. The van der Waals surface area contributed by atoms with Gasteiger partial charge < -0.3 is 9.84 Å². The topological polar surface area (TPSA) is 98.2 Å². The van der Waals surface area contributed by atoms with Crippen LogP contribution < -0.4 is 5.32 Å². The van der Waals surface area contributed by atoms with Gasteiger partial charge in [0.2, 0.25) is 5.91 Å². The van der Waals surface area contributed by atoms with E-state index in [0.29, 0.717) is 28.8 Å². The van der Waals surface area contributed by atoms with E-state index >= 15 is 0 Å². The molecule has 0 bridgehead atoms. The Balaban J connectivity index is 1.50. The zero-order chi connectivity index (χ0) is 20.4. The summed E-state index contributed by atoms with van der Waals surface area (Å²) in [6, 6.07) is 9.50. The molecule has 1 aromatic carbocycles. The standard InChI is InChI=1S/C20H19FN6O2/c1-12(2)18-23-20(29-26-18)15-4-3-9-27-16(24-25-19(15)27)11-22-17(28)10-13-5-7-14(21)8-6-13/h3-9,12H,10-11H2,1-2H3,(H,22,28). The fraction of sp³-hybridized carbons (Fsp3) is 0.250. The first-order valence-corrected chi connectivity index (χ1v) is 9.19. The third kappa shape index (κ3) is 3.98. The van der Waals surface area contributed by atoms with Crippen molar-refractivity contribution in [2.45, 2.75) is 32.7 Å². The summed E-state index contributed by atoms with van der Waals surface area (Å²) in [5.74, 6) is 1.19. The van der Waals surface area contributed by atoms with Crippen molar-refractivity contribution in [2.75, 3.05) is 0 Å². The van der Waals surface area contributed by atoms with Crippen LogP contribution in [0.2, 0.25) is 0 Å². The van der Waals surface area contributed by atoms with Crippen LogP contribution in [0.4, 0.5) is 4.39 Å². The van der Waals surface area contributed by atoms with Crippen LogP contribution in [0, 0.1) is 5.82 Å². The summed E-state index contributed by atoms with van der Waals surface area (Å²) in [6.45, 7) is 4.17. The SMILES string of the molecule is CC(C)c1noc(-c2cccn3c(CNC(=O)Cc4ccc(F)cc4)nnc23)n1. The average Bonchev–Trinajstić information content (AvgIpc) is 3.35. The zero-order valence-corrected chi connectivity index (χ0v) is 16.0. The van der Waals surface area contributed by atoms with Crippen LogP contribution in [0.15, 0.2) is 47.1 Å². The third-order valence-corrected chi connectivity index (χ3v) is 4.42. The molecule has 0 unspecified atom stereocenters. The molecule has 0 saturated heterocycles. The molecule has 0 fully saturated rings. The molecule has 0 saturated carbocycles. The molecule has 29 heavy (non-hydrogen) atoms. The minimum atomic E-state index is -0.332. The summed E-state index contributed by atoms with van der Waals surface area (Å²) >= 11 is 0. The van der Waals surface area contributed by atoms with Crippen molar-refractivity contribution in [3.05, 3.63) is 65.6 Å². The lowest BCUT2D eigenvalue weighted by Crippen LogP contribution is -2.25. The predicted molar refractivity (Wildman–Crippen MR) is 102 cm³/mol. The molecule has 9 heteroatoms. The van der Waals surface area contributed by atoms with Gasteiger partial charge >= 0.3 is 0 Å². The van der Waals surface area contributed by atoms with Crippen LogP contribution in [0.3, 0.4) is 0 Å². The number of hydrogen-bond acceptors (Lipinski definition) is 6. The van der Waals surface area contributed by atoms with Gasteiger partial charge in [0.25, 0.3) is 5.89 Å². The lowest BCUT2D eigenvalue weighted by atomic mass is 10.1. The lowest BCUT2D eigenvalue weighted by molar-refractivity contribution is -0.120. The predicted octanol–water partition coefficient (Wildman–Crippen LogP) is 2.90. The van der Waals surface area contributed by atoms with Gasteiger partial charge in [0, 0.05) is 12.1 Å². The number of nitrogens with zero attached hydrogens (tertiary/aromatic N) is 5. The molecule has 0 radical (unpaired) electrons. The van der Waals surface area contributed by atoms with E-state index in [1.165, 1.54) is 12.1 Å². The number of amides is 1. The van der Waals surface area contributed by atoms with Gasteiger partial charge in [-0.1, -0.05) is 31.1 Å². The first kappa shape index (κ1) is 18.7. The highest BCUT2D eigenvalue weighted by Crippen LogP contribution is 2.23. The van der Waals surface area contributed by atoms with Crippen LogP contribution in [0.25, 0.3) is 17.1 Å². The Kier molecular flexibility index (Phi) is 5.03. The van der Waals surface area contributed by atoms with E-state index in [4.69, 9.17) is 4.52 Å². The van der Waals surface area contributed by atoms with Crippen molar-refractivity contribution in [2.24, 2.45) is 0 Å². The number of nitrogens with one attached hydrogen (secondary N) is 1. The maximum Gasteiger partial charge on any atom is 0.261 e. The quantitative estimate of drug-likeness (QED) is 0.540. The lowest BCUT2D eigenvalue weighted by Gasteiger charge is -2.05. The van der Waals surface area contributed by atoms with Crippen LogP contribution in [-0.2, 0) is 17.8 Å². The zero-order valence-electron chi connectivity index (χ0n) is 16.0. The van der Waals surface area contributed by atoms with Gasteiger partial charge in [0.15, 0.2) is 17.3 Å². The molecular formula is C20H19FN6O2. The van der Waals surface area contributed by atoms with Crippen molar-refractivity contribution in [3.8, 4) is 11.5 Å². The van der Waals surface area contributed by atoms with E-state index in [1.54, 1.807) is 22.7 Å². The molecule has 0 atom stereocenters. The summed E-state index contributed by atoms with van der Waals surface area (Å²) < 4.78 is 20.1. The van der Waals surface area contributed by atoms with Gasteiger partial charge in [-0.15, -0.1) is 10.2 Å². The summed E-state index contributed by atoms with van der Waals surface area (Å²) in [4.78, 5) is 16.6. The highest BCUT2D eigenvalue weighted by molar-refractivity contribution is 5.78. The second-order valence-corrected chi connectivity index (χ2v) is 6.92. The average molecular weight is 394 g/mol. The van der Waals surface area contributed by atoms with Gasteiger partial charge in [-0.05, 0) is 29.8 Å². The highest BCUT2D eigenvalue weighted by atomic mass is 19.1. The maximum atomic E-state index is 13.0. The van der Waals surface area contributed by atoms with E-state index in [9.17, 15) is 9.18 Å². The van der Waals surface area contributed by atoms with Crippen LogP contribution >= 0.6 is 0 Å². The Morgan fingerprint density at radius 1 is 1.21 bits per heavy atom. The number of halogens is 1. The van der Waals surface area contributed by atoms with E-state index in [2.05, 4.69) is 25.7 Å². The maximum absolute atomic E-state index is 13.0. The van der Waals surface area contributed by atoms with Crippen molar-refractivity contribution < 1.29 is 13.7 Å². The number of hydrogen-bond donors (Lipinski definition) is 1. The van der Waals surface area contributed by atoms with Gasteiger partial charge in [-0.25, -0.2) is 4.39 Å². The molecule has 3 aromatic heterocycles. The van der Waals surface area contributed by atoms with Crippen molar-refractivity contribution in [1.29, 1.82) is 0 Å². The molecule has 1 amide bonds. The van der Waals surface area contributed by atoms with Crippen molar-refractivity contribution in [3.63, 3.8) is 0 Å². The minimum Gasteiger partial charge on any atom is -0.348 e. The van der Waals surface area contributed by atoms with E-state index < -0.39 is 0 Å². The minimum absolute atomic E-state index is 0.150. The Hall–Kier alpha value is -3.62. The number of pyridine rings is 1. The molecule has 8 nitrogen and oxygen atoms in total. The molecular weight excluding hydrogens is 375 g/mol. The number of rotatable bonds is 6. The molecule has 148 valence electrons. The second-order valence-electron chi connectivity index (χ2n) is 6.92. The van der Waals surface area contributed by atoms with Gasteiger partial charge in [0.05, 0.1) is 18.5 Å². The molecule has 4 aromatic rings. The van der Waals surface area contributed by atoms with E-state index in [1.807, 2.05) is 26.0 Å². The van der Waals surface area contributed by atoms with Crippen LogP contribution in [-0.4, -0.2) is 30.6 Å². The number of carbonyl (C=O) groups excluding carboxylic acids is 1. The van der Waals surface area contributed by atoms with Crippen molar-refractivity contribution in [1.82, 2.24) is 30.1 Å².